The van der Waals surface area contributed by atoms with E-state index in [1.54, 1.807) is 27.6 Å². The van der Waals surface area contributed by atoms with Crippen molar-refractivity contribution in [3.63, 3.8) is 0 Å². The lowest BCUT2D eigenvalue weighted by molar-refractivity contribution is -0.137. The third kappa shape index (κ3) is 4.82. The number of imidazole rings is 1. The standard InChI is InChI=1S/C25H22F3N7O2/c1-2-21(36)34-11-3-4-15(14-34)22-19-8-10-31-24(29)35(19)23(33-22)18-6-5-17(13-32-18)37-20-12-16(7-9-30-20)25(26,27)28/h2,5-10,12-13,15H,1,3-4,11,14H2,(H2,29,31). The Bertz CT molecular complexity index is 1470. The van der Waals surface area contributed by atoms with E-state index in [-0.39, 0.29) is 29.4 Å². The molecule has 0 aliphatic carbocycles. The second-order valence-electron chi connectivity index (χ2n) is 8.53. The summed E-state index contributed by atoms with van der Waals surface area (Å²) >= 11 is 0. The second-order valence-corrected chi connectivity index (χ2v) is 8.53. The van der Waals surface area contributed by atoms with Gasteiger partial charge < -0.3 is 15.4 Å². The monoisotopic (exact) mass is 509 g/mol. The number of pyridine rings is 2. The fraction of sp³-hybridized carbons (Fsp3) is 0.240. The maximum Gasteiger partial charge on any atom is 0.416 e. The van der Waals surface area contributed by atoms with Gasteiger partial charge in [0.15, 0.2) is 5.82 Å². The molecule has 190 valence electrons. The van der Waals surface area contributed by atoms with E-state index in [0.717, 1.165) is 42.4 Å². The molecule has 1 fully saturated rings. The number of nitrogens with two attached hydrogens (primary N) is 1. The van der Waals surface area contributed by atoms with Crippen LogP contribution in [0.1, 0.15) is 30.0 Å². The van der Waals surface area contributed by atoms with Gasteiger partial charge in [-0.15, -0.1) is 0 Å². The van der Waals surface area contributed by atoms with Gasteiger partial charge in [0.05, 0.1) is 23.0 Å². The van der Waals surface area contributed by atoms with Crippen LogP contribution in [0.4, 0.5) is 19.1 Å². The average molecular weight is 509 g/mol. The minimum absolute atomic E-state index is 0.0159. The molecule has 0 radical (unpaired) electrons. The van der Waals surface area contributed by atoms with Crippen molar-refractivity contribution in [1.82, 2.24) is 29.2 Å². The van der Waals surface area contributed by atoms with Gasteiger partial charge in [-0.1, -0.05) is 6.58 Å². The Morgan fingerprint density at radius 1 is 1.16 bits per heavy atom. The van der Waals surface area contributed by atoms with E-state index in [1.807, 2.05) is 6.07 Å². The predicted molar refractivity (Wildman–Crippen MR) is 129 cm³/mol. The van der Waals surface area contributed by atoms with E-state index in [0.29, 0.717) is 24.6 Å². The third-order valence-corrected chi connectivity index (χ3v) is 6.15. The molecule has 5 heterocycles. The molecule has 0 saturated carbocycles. The van der Waals surface area contributed by atoms with E-state index in [2.05, 4.69) is 21.5 Å². The Hall–Kier alpha value is -4.48. The van der Waals surface area contributed by atoms with E-state index in [1.165, 1.54) is 12.3 Å². The first-order chi connectivity index (χ1) is 17.7. The van der Waals surface area contributed by atoms with Crippen LogP contribution in [0, 0.1) is 0 Å². The molecule has 1 amide bonds. The first kappa shape index (κ1) is 24.2. The molecular weight excluding hydrogens is 487 g/mol. The summed E-state index contributed by atoms with van der Waals surface area (Å²) in [6.07, 6.45) is 2.47. The van der Waals surface area contributed by atoms with Gasteiger partial charge in [-0.3, -0.25) is 9.20 Å². The maximum atomic E-state index is 13.0. The van der Waals surface area contributed by atoms with Gasteiger partial charge in [-0.05, 0) is 43.2 Å². The molecule has 2 N–H and O–H groups in total. The van der Waals surface area contributed by atoms with Gasteiger partial charge in [-0.2, -0.15) is 13.2 Å². The summed E-state index contributed by atoms with van der Waals surface area (Å²) in [4.78, 5) is 31.2. The zero-order chi connectivity index (χ0) is 26.2. The molecule has 1 saturated heterocycles. The molecule has 4 aromatic heterocycles. The Morgan fingerprint density at radius 3 is 2.70 bits per heavy atom. The molecule has 1 atom stereocenters. The minimum Gasteiger partial charge on any atom is -0.437 e. The molecule has 1 aliphatic rings. The molecular formula is C25H22F3N7O2. The highest BCUT2D eigenvalue weighted by atomic mass is 19.4. The Morgan fingerprint density at radius 2 is 1.97 bits per heavy atom. The number of amides is 1. The van der Waals surface area contributed by atoms with Gasteiger partial charge >= 0.3 is 6.18 Å². The highest BCUT2D eigenvalue weighted by Gasteiger charge is 2.31. The predicted octanol–water partition coefficient (Wildman–Crippen LogP) is 4.47. The number of halogens is 3. The van der Waals surface area contributed by atoms with E-state index in [4.69, 9.17) is 15.5 Å². The fourth-order valence-electron chi connectivity index (χ4n) is 4.42. The molecule has 12 heteroatoms. The number of carbonyl (C=O) groups is 1. The van der Waals surface area contributed by atoms with Crippen LogP contribution in [0.3, 0.4) is 0 Å². The van der Waals surface area contributed by atoms with Crippen LogP contribution in [0.25, 0.3) is 17.0 Å². The normalized spacial score (nSPS) is 16.1. The highest BCUT2D eigenvalue weighted by molar-refractivity contribution is 5.87. The number of hydrogen-bond donors (Lipinski definition) is 1. The van der Waals surface area contributed by atoms with Gasteiger partial charge in [0, 0.05) is 37.5 Å². The lowest BCUT2D eigenvalue weighted by Crippen LogP contribution is -2.38. The third-order valence-electron chi connectivity index (χ3n) is 6.15. The molecule has 0 spiro atoms. The number of alkyl halides is 3. The average Bonchev–Trinajstić information content (AvgIpc) is 3.29. The molecule has 37 heavy (non-hydrogen) atoms. The summed E-state index contributed by atoms with van der Waals surface area (Å²) in [7, 11) is 0. The summed E-state index contributed by atoms with van der Waals surface area (Å²) in [5.74, 6) is 0.527. The fourth-order valence-corrected chi connectivity index (χ4v) is 4.42. The minimum atomic E-state index is -4.51. The van der Waals surface area contributed by atoms with Gasteiger partial charge in [0.1, 0.15) is 11.4 Å². The second kappa shape index (κ2) is 9.52. The topological polar surface area (TPSA) is 112 Å². The number of fused-ring (bicyclic) bond motifs is 1. The Labute approximate surface area is 209 Å². The molecule has 1 aliphatic heterocycles. The van der Waals surface area contributed by atoms with Crippen LogP contribution in [-0.2, 0) is 11.0 Å². The molecule has 5 rings (SSSR count). The number of hydrogen-bond acceptors (Lipinski definition) is 7. The van der Waals surface area contributed by atoms with Crippen molar-refractivity contribution in [3.8, 4) is 23.1 Å². The van der Waals surface area contributed by atoms with Crippen molar-refractivity contribution >= 4 is 17.4 Å². The summed E-state index contributed by atoms with van der Waals surface area (Å²) < 4.78 is 46.1. The highest BCUT2D eigenvalue weighted by Crippen LogP contribution is 2.34. The van der Waals surface area contributed by atoms with Crippen molar-refractivity contribution in [2.75, 3.05) is 18.8 Å². The first-order valence-electron chi connectivity index (χ1n) is 11.5. The Balaban J connectivity index is 1.46. The molecule has 0 aromatic carbocycles. The number of rotatable bonds is 5. The number of likely N-dealkylation sites (tertiary alicyclic amines) is 1. The smallest absolute Gasteiger partial charge is 0.416 e. The van der Waals surface area contributed by atoms with E-state index >= 15 is 0 Å². The number of anilines is 1. The van der Waals surface area contributed by atoms with E-state index in [9.17, 15) is 18.0 Å². The first-order valence-corrected chi connectivity index (χ1v) is 11.5. The Kier molecular flexibility index (Phi) is 6.24. The largest absolute Gasteiger partial charge is 0.437 e. The van der Waals surface area contributed by atoms with Crippen molar-refractivity contribution in [2.45, 2.75) is 24.9 Å². The number of piperidine rings is 1. The lowest BCUT2D eigenvalue weighted by Gasteiger charge is -2.31. The van der Waals surface area contributed by atoms with Crippen LogP contribution >= 0.6 is 0 Å². The zero-order valence-corrected chi connectivity index (χ0v) is 19.5. The zero-order valence-electron chi connectivity index (χ0n) is 19.5. The van der Waals surface area contributed by atoms with E-state index < -0.39 is 11.7 Å². The summed E-state index contributed by atoms with van der Waals surface area (Å²) in [6.45, 7) is 4.74. The maximum absolute atomic E-state index is 13.0. The molecule has 1 unspecified atom stereocenters. The van der Waals surface area contributed by atoms with Crippen LogP contribution in [-0.4, -0.2) is 48.2 Å². The number of ether oxygens (including phenoxy) is 1. The SMILES string of the molecule is C=CC(=O)N1CCCC(c2nc(-c3ccc(Oc4cc(C(F)(F)F)ccn4)cn3)n3c(N)nccc23)C1. The number of nitrogen functional groups attached to an aromatic ring is 1. The molecule has 9 nitrogen and oxygen atoms in total. The van der Waals surface area contributed by atoms with Crippen LogP contribution < -0.4 is 10.5 Å². The molecule has 0 bridgehead atoms. The van der Waals surface area contributed by atoms with Gasteiger partial charge in [0.2, 0.25) is 17.7 Å². The number of carbonyl (C=O) groups excluding carboxylic acids is 1. The van der Waals surface area contributed by atoms with Gasteiger partial charge in [0.25, 0.3) is 0 Å². The summed E-state index contributed by atoms with van der Waals surface area (Å²) in [5.41, 5.74) is 7.33. The summed E-state index contributed by atoms with van der Waals surface area (Å²) in [6, 6.07) is 6.68. The van der Waals surface area contributed by atoms with Crippen LogP contribution in [0.2, 0.25) is 0 Å². The number of nitrogens with zero attached hydrogens (tertiary/aromatic N) is 6. The lowest BCUT2D eigenvalue weighted by atomic mass is 9.94. The van der Waals surface area contributed by atoms with Gasteiger partial charge in [-0.25, -0.2) is 19.9 Å². The van der Waals surface area contributed by atoms with Crippen molar-refractivity contribution < 1.29 is 22.7 Å². The van der Waals surface area contributed by atoms with Crippen LogP contribution in [0.15, 0.2) is 61.6 Å². The van der Waals surface area contributed by atoms with Crippen LogP contribution in [0.5, 0.6) is 11.6 Å². The summed E-state index contributed by atoms with van der Waals surface area (Å²) in [5, 5.41) is 0. The van der Waals surface area contributed by atoms with Crippen molar-refractivity contribution in [1.29, 1.82) is 0 Å². The molecule has 4 aromatic rings. The van der Waals surface area contributed by atoms with Crippen molar-refractivity contribution in [3.05, 3.63) is 72.8 Å². The number of aromatic nitrogens is 5. The quantitative estimate of drug-likeness (QED) is 0.395. The van der Waals surface area contributed by atoms with Crippen molar-refractivity contribution in [2.24, 2.45) is 0 Å².